The Bertz CT molecular complexity index is 571. The standard InChI is InChI=1S/C20H30N2O/c1-3-6-15(2)20-10-5-9-19(14-20,11-12-22-20)17-8-4-7-16(13-17)18(21)23/h4,7-8,13,15,22H,3,5-6,9-12,14H2,1-2H3,(H2,21,23). The van der Waals surface area contributed by atoms with Gasteiger partial charge in [-0.1, -0.05) is 38.8 Å². The Morgan fingerprint density at radius 2 is 2.17 bits per heavy atom. The number of hydrogen-bond donors (Lipinski definition) is 2. The van der Waals surface area contributed by atoms with Crippen molar-refractivity contribution in [2.45, 2.75) is 69.7 Å². The van der Waals surface area contributed by atoms with E-state index in [0.29, 0.717) is 11.5 Å². The van der Waals surface area contributed by atoms with E-state index in [1.54, 1.807) is 0 Å². The van der Waals surface area contributed by atoms with E-state index in [4.69, 9.17) is 5.73 Å². The number of carbonyl (C=O) groups is 1. The van der Waals surface area contributed by atoms with Crippen molar-refractivity contribution in [2.24, 2.45) is 11.7 Å². The van der Waals surface area contributed by atoms with Crippen LogP contribution >= 0.6 is 0 Å². The molecular formula is C20H30N2O. The van der Waals surface area contributed by atoms with Crippen molar-refractivity contribution in [1.82, 2.24) is 5.32 Å². The van der Waals surface area contributed by atoms with Gasteiger partial charge in [-0.25, -0.2) is 0 Å². The Morgan fingerprint density at radius 3 is 2.91 bits per heavy atom. The first-order valence-corrected chi connectivity index (χ1v) is 9.17. The van der Waals surface area contributed by atoms with Crippen LogP contribution in [0.25, 0.3) is 0 Å². The highest BCUT2D eigenvalue weighted by atomic mass is 16.1. The van der Waals surface area contributed by atoms with Gasteiger partial charge in [0.15, 0.2) is 0 Å². The summed E-state index contributed by atoms with van der Waals surface area (Å²) >= 11 is 0. The molecule has 3 heteroatoms. The highest BCUT2D eigenvalue weighted by Gasteiger charge is 2.50. The third-order valence-corrected chi connectivity index (χ3v) is 6.44. The van der Waals surface area contributed by atoms with Crippen molar-refractivity contribution in [1.29, 1.82) is 0 Å². The molecule has 126 valence electrons. The van der Waals surface area contributed by atoms with Crippen LogP contribution in [0.2, 0.25) is 0 Å². The van der Waals surface area contributed by atoms with Crippen molar-refractivity contribution in [3.8, 4) is 0 Å². The molecular weight excluding hydrogens is 284 g/mol. The Morgan fingerprint density at radius 1 is 1.35 bits per heavy atom. The molecule has 2 bridgehead atoms. The van der Waals surface area contributed by atoms with Crippen molar-refractivity contribution in [3.05, 3.63) is 35.4 Å². The van der Waals surface area contributed by atoms with Gasteiger partial charge in [-0.3, -0.25) is 4.79 Å². The Hall–Kier alpha value is -1.35. The summed E-state index contributed by atoms with van der Waals surface area (Å²) in [5.74, 6) is 0.380. The lowest BCUT2D eigenvalue weighted by Gasteiger charge is -2.56. The summed E-state index contributed by atoms with van der Waals surface area (Å²) in [4.78, 5) is 11.6. The van der Waals surface area contributed by atoms with Crippen LogP contribution in [-0.2, 0) is 5.41 Å². The fraction of sp³-hybridized carbons (Fsp3) is 0.650. The van der Waals surface area contributed by atoms with Gasteiger partial charge < -0.3 is 11.1 Å². The van der Waals surface area contributed by atoms with E-state index in [2.05, 4.69) is 25.2 Å². The number of rotatable bonds is 5. The minimum absolute atomic E-state index is 0.219. The third kappa shape index (κ3) is 2.91. The number of nitrogens with two attached hydrogens (primary N) is 1. The molecule has 1 heterocycles. The molecule has 0 radical (unpaired) electrons. The molecule has 3 rings (SSSR count). The SMILES string of the molecule is CCCC(C)C12CCCC(c3cccc(C(N)=O)c3)(CCN1)C2. The number of benzene rings is 1. The molecule has 1 aromatic carbocycles. The lowest BCUT2D eigenvalue weighted by molar-refractivity contribution is 0.0527. The van der Waals surface area contributed by atoms with Gasteiger partial charge in [0, 0.05) is 11.1 Å². The number of amides is 1. The minimum atomic E-state index is -0.321. The van der Waals surface area contributed by atoms with E-state index < -0.39 is 0 Å². The average Bonchev–Trinajstić information content (AvgIpc) is 2.55. The number of carbonyl (C=O) groups excluding carboxylic acids is 1. The number of piperidine rings is 1. The molecule has 0 aromatic heterocycles. The van der Waals surface area contributed by atoms with Gasteiger partial charge >= 0.3 is 0 Å². The van der Waals surface area contributed by atoms with Crippen molar-refractivity contribution >= 4 is 5.91 Å². The minimum Gasteiger partial charge on any atom is -0.366 e. The zero-order valence-corrected chi connectivity index (χ0v) is 14.5. The van der Waals surface area contributed by atoms with Gasteiger partial charge in [-0.15, -0.1) is 0 Å². The predicted octanol–water partition coefficient (Wildman–Crippen LogP) is 3.77. The average molecular weight is 314 g/mol. The summed E-state index contributed by atoms with van der Waals surface area (Å²) < 4.78 is 0. The van der Waals surface area contributed by atoms with E-state index in [0.717, 1.165) is 13.0 Å². The molecule has 23 heavy (non-hydrogen) atoms. The fourth-order valence-electron chi connectivity index (χ4n) is 5.14. The predicted molar refractivity (Wildman–Crippen MR) is 94.5 cm³/mol. The molecule has 3 atom stereocenters. The molecule has 3 nitrogen and oxygen atoms in total. The molecule has 1 aliphatic carbocycles. The second-order valence-electron chi connectivity index (χ2n) is 7.78. The van der Waals surface area contributed by atoms with Gasteiger partial charge in [-0.2, -0.15) is 0 Å². The van der Waals surface area contributed by atoms with Crippen LogP contribution in [-0.4, -0.2) is 18.0 Å². The van der Waals surface area contributed by atoms with Gasteiger partial charge in [-0.05, 0) is 67.7 Å². The van der Waals surface area contributed by atoms with Crippen molar-refractivity contribution < 1.29 is 4.79 Å². The molecule has 3 N–H and O–H groups in total. The first-order chi connectivity index (χ1) is 11.0. The van der Waals surface area contributed by atoms with Crippen LogP contribution in [0.15, 0.2) is 24.3 Å². The second kappa shape index (κ2) is 6.27. The lowest BCUT2D eigenvalue weighted by atomic mass is 9.56. The largest absolute Gasteiger partial charge is 0.366 e. The molecule has 1 saturated carbocycles. The summed E-state index contributed by atoms with van der Waals surface area (Å²) in [6.45, 7) is 5.77. The van der Waals surface area contributed by atoms with Crippen molar-refractivity contribution in [3.63, 3.8) is 0 Å². The second-order valence-corrected chi connectivity index (χ2v) is 7.78. The highest BCUT2D eigenvalue weighted by molar-refractivity contribution is 5.92. The lowest BCUT2D eigenvalue weighted by Crippen LogP contribution is -2.61. The molecule has 1 aromatic rings. The summed E-state index contributed by atoms with van der Waals surface area (Å²) in [6.07, 6.45) is 8.67. The van der Waals surface area contributed by atoms with E-state index in [1.165, 1.54) is 44.1 Å². The number of nitrogens with one attached hydrogen (secondary N) is 1. The van der Waals surface area contributed by atoms with Gasteiger partial charge in [0.25, 0.3) is 0 Å². The van der Waals surface area contributed by atoms with E-state index in [1.807, 2.05) is 18.2 Å². The highest BCUT2D eigenvalue weighted by Crippen LogP contribution is 2.51. The van der Waals surface area contributed by atoms with E-state index in [-0.39, 0.29) is 16.9 Å². The molecule has 3 unspecified atom stereocenters. The molecule has 1 amide bonds. The Labute approximate surface area is 140 Å². The Kier molecular flexibility index (Phi) is 4.50. The third-order valence-electron chi connectivity index (χ3n) is 6.44. The maximum atomic E-state index is 11.6. The summed E-state index contributed by atoms with van der Waals surface area (Å²) in [5.41, 5.74) is 7.96. The van der Waals surface area contributed by atoms with Crippen LogP contribution in [0.3, 0.4) is 0 Å². The zero-order valence-electron chi connectivity index (χ0n) is 14.5. The van der Waals surface area contributed by atoms with E-state index >= 15 is 0 Å². The van der Waals surface area contributed by atoms with Gasteiger partial charge in [0.1, 0.15) is 0 Å². The van der Waals surface area contributed by atoms with Crippen LogP contribution in [0.5, 0.6) is 0 Å². The monoisotopic (exact) mass is 314 g/mol. The van der Waals surface area contributed by atoms with Crippen molar-refractivity contribution in [2.75, 3.05) is 6.54 Å². The molecule has 2 aliphatic rings. The quantitative estimate of drug-likeness (QED) is 0.869. The molecule has 1 aliphatic heterocycles. The topological polar surface area (TPSA) is 55.1 Å². The maximum absolute atomic E-state index is 11.6. The zero-order chi connectivity index (χ0) is 16.5. The van der Waals surface area contributed by atoms with Gasteiger partial charge in [0.2, 0.25) is 5.91 Å². The fourth-order valence-corrected chi connectivity index (χ4v) is 5.14. The van der Waals surface area contributed by atoms with Crippen LogP contribution in [0.1, 0.15) is 74.7 Å². The first-order valence-electron chi connectivity index (χ1n) is 9.17. The van der Waals surface area contributed by atoms with E-state index in [9.17, 15) is 4.79 Å². The molecule has 1 saturated heterocycles. The Balaban J connectivity index is 1.94. The number of primary amides is 1. The summed E-state index contributed by atoms with van der Waals surface area (Å²) in [5, 5.41) is 3.89. The van der Waals surface area contributed by atoms with Gasteiger partial charge in [0.05, 0.1) is 0 Å². The van der Waals surface area contributed by atoms with Crippen LogP contribution in [0, 0.1) is 5.92 Å². The smallest absolute Gasteiger partial charge is 0.248 e. The first kappa shape index (κ1) is 16.5. The normalized spacial score (nSPS) is 31.6. The summed E-state index contributed by atoms with van der Waals surface area (Å²) in [7, 11) is 0. The molecule has 0 spiro atoms. The van der Waals surface area contributed by atoms with Crippen LogP contribution < -0.4 is 11.1 Å². The maximum Gasteiger partial charge on any atom is 0.248 e. The van der Waals surface area contributed by atoms with Crippen LogP contribution in [0.4, 0.5) is 0 Å². The number of fused-ring (bicyclic) bond motifs is 2. The molecule has 2 fully saturated rings. The summed E-state index contributed by atoms with van der Waals surface area (Å²) in [6, 6.07) is 8.09. The number of hydrogen-bond acceptors (Lipinski definition) is 2.